The number of carbonyl (C=O) groups is 2. The minimum absolute atomic E-state index is 0.122. The van der Waals surface area contributed by atoms with Crippen LogP contribution in [0, 0.1) is 12.3 Å². The molecule has 0 spiro atoms. The van der Waals surface area contributed by atoms with E-state index in [0.29, 0.717) is 6.61 Å². The van der Waals surface area contributed by atoms with Crippen molar-refractivity contribution in [3.63, 3.8) is 0 Å². The average Bonchev–Trinajstić information content (AvgIpc) is 2.50. The monoisotopic (exact) mass is 307 g/mol. The number of hydrogen-bond donors (Lipinski definition) is 1. The molecule has 21 heavy (non-hydrogen) atoms. The van der Waals surface area contributed by atoms with Crippen LogP contribution in [-0.2, 0) is 14.3 Å². The molecule has 0 aliphatic carbocycles. The second-order valence-corrected chi connectivity index (χ2v) is 4.88. The fourth-order valence-electron chi connectivity index (χ4n) is 1.33. The summed E-state index contributed by atoms with van der Waals surface area (Å²) >= 11 is 1.33. The number of hydrogen-bond acceptors (Lipinski definition) is 5. The van der Waals surface area contributed by atoms with Gasteiger partial charge in [-0.1, -0.05) is 5.92 Å². The molecule has 0 radical (unpaired) electrons. The second kappa shape index (κ2) is 9.72. The Hall–Kier alpha value is -2.13. The van der Waals surface area contributed by atoms with Gasteiger partial charge >= 0.3 is 5.97 Å². The largest absolute Gasteiger partial charge is 0.494 e. The number of carbonyl (C=O) groups excluding carboxylic acids is 2. The lowest BCUT2D eigenvalue weighted by Gasteiger charge is -2.06. The van der Waals surface area contributed by atoms with Crippen LogP contribution in [0.1, 0.15) is 6.92 Å². The van der Waals surface area contributed by atoms with E-state index in [1.807, 2.05) is 31.2 Å². The fourth-order valence-corrected chi connectivity index (χ4v) is 2.03. The SMILES string of the molecule is C#CCNC(=O)COC(=O)CSc1ccc(OCC)cc1. The summed E-state index contributed by atoms with van der Waals surface area (Å²) in [7, 11) is 0. The maximum atomic E-state index is 11.5. The summed E-state index contributed by atoms with van der Waals surface area (Å²) in [5, 5.41) is 2.41. The van der Waals surface area contributed by atoms with Gasteiger partial charge in [-0.25, -0.2) is 0 Å². The van der Waals surface area contributed by atoms with Gasteiger partial charge in [-0.15, -0.1) is 18.2 Å². The first kappa shape index (κ1) is 16.9. The van der Waals surface area contributed by atoms with Gasteiger partial charge in [0.15, 0.2) is 6.61 Å². The molecular formula is C15H17NO4S. The molecule has 0 heterocycles. The van der Waals surface area contributed by atoms with E-state index < -0.39 is 11.9 Å². The third kappa shape index (κ3) is 7.28. The van der Waals surface area contributed by atoms with Crippen molar-refractivity contribution in [3.8, 4) is 18.1 Å². The van der Waals surface area contributed by atoms with Crippen LogP contribution in [0.3, 0.4) is 0 Å². The highest BCUT2D eigenvalue weighted by atomic mass is 32.2. The number of esters is 1. The Labute approximate surface area is 128 Å². The second-order valence-electron chi connectivity index (χ2n) is 3.83. The van der Waals surface area contributed by atoms with Gasteiger partial charge in [0.1, 0.15) is 5.75 Å². The van der Waals surface area contributed by atoms with Crippen LogP contribution in [-0.4, -0.2) is 37.4 Å². The highest BCUT2D eigenvalue weighted by Crippen LogP contribution is 2.21. The summed E-state index contributed by atoms with van der Waals surface area (Å²) in [5.74, 6) is 2.32. The highest BCUT2D eigenvalue weighted by molar-refractivity contribution is 8.00. The van der Waals surface area contributed by atoms with E-state index >= 15 is 0 Å². The zero-order valence-corrected chi connectivity index (χ0v) is 12.6. The molecule has 0 saturated carbocycles. The van der Waals surface area contributed by atoms with Crippen LogP contribution in [0.25, 0.3) is 0 Å². The van der Waals surface area contributed by atoms with Crippen LogP contribution in [0.2, 0.25) is 0 Å². The molecule has 1 N–H and O–H groups in total. The predicted molar refractivity (Wildman–Crippen MR) is 81.1 cm³/mol. The maximum Gasteiger partial charge on any atom is 0.316 e. The molecule has 112 valence electrons. The van der Waals surface area contributed by atoms with E-state index in [4.69, 9.17) is 15.9 Å². The Morgan fingerprint density at radius 2 is 2.05 bits per heavy atom. The van der Waals surface area contributed by atoms with E-state index in [-0.39, 0.29) is 18.9 Å². The van der Waals surface area contributed by atoms with Gasteiger partial charge in [0.05, 0.1) is 18.9 Å². The summed E-state index contributed by atoms with van der Waals surface area (Å²) in [5.41, 5.74) is 0. The highest BCUT2D eigenvalue weighted by Gasteiger charge is 2.07. The number of amides is 1. The van der Waals surface area contributed by atoms with Gasteiger partial charge in [-0.3, -0.25) is 9.59 Å². The van der Waals surface area contributed by atoms with E-state index in [2.05, 4.69) is 11.2 Å². The van der Waals surface area contributed by atoms with Crippen LogP contribution in [0.4, 0.5) is 0 Å². The molecule has 0 aliphatic heterocycles. The molecule has 1 aromatic carbocycles. The van der Waals surface area contributed by atoms with Crippen molar-refractivity contribution in [2.75, 3.05) is 25.5 Å². The van der Waals surface area contributed by atoms with Gasteiger partial charge in [0.2, 0.25) is 0 Å². The van der Waals surface area contributed by atoms with Crippen molar-refractivity contribution < 1.29 is 19.1 Å². The number of thioether (sulfide) groups is 1. The molecule has 6 heteroatoms. The lowest BCUT2D eigenvalue weighted by Crippen LogP contribution is -2.29. The van der Waals surface area contributed by atoms with Crippen molar-refractivity contribution in [3.05, 3.63) is 24.3 Å². The Balaban J connectivity index is 2.26. The van der Waals surface area contributed by atoms with Gasteiger partial charge < -0.3 is 14.8 Å². The lowest BCUT2D eigenvalue weighted by molar-refractivity contribution is -0.145. The number of benzene rings is 1. The van der Waals surface area contributed by atoms with Crippen LogP contribution in [0.5, 0.6) is 5.75 Å². The third-order valence-corrected chi connectivity index (χ3v) is 3.23. The minimum atomic E-state index is -0.454. The first-order valence-electron chi connectivity index (χ1n) is 6.37. The lowest BCUT2D eigenvalue weighted by atomic mass is 10.3. The fraction of sp³-hybridized carbons (Fsp3) is 0.333. The molecule has 0 aliphatic rings. The Morgan fingerprint density at radius 1 is 1.33 bits per heavy atom. The molecule has 0 atom stereocenters. The number of ether oxygens (including phenoxy) is 2. The molecule has 0 unspecified atom stereocenters. The predicted octanol–water partition coefficient (Wildman–Crippen LogP) is 1.47. The quantitative estimate of drug-likeness (QED) is 0.447. The molecule has 1 rings (SSSR count). The molecule has 1 aromatic rings. The van der Waals surface area contributed by atoms with Crippen molar-refractivity contribution in [2.24, 2.45) is 0 Å². The van der Waals surface area contributed by atoms with Crippen LogP contribution >= 0.6 is 11.8 Å². The summed E-state index contributed by atoms with van der Waals surface area (Å²) < 4.78 is 10.1. The molecule has 0 aromatic heterocycles. The summed E-state index contributed by atoms with van der Waals surface area (Å²) in [6.45, 7) is 2.33. The van der Waals surface area contributed by atoms with E-state index in [0.717, 1.165) is 10.6 Å². The number of terminal acetylenes is 1. The van der Waals surface area contributed by atoms with E-state index in [1.54, 1.807) is 0 Å². The zero-order valence-electron chi connectivity index (χ0n) is 11.8. The normalized spacial score (nSPS) is 9.52. The first-order chi connectivity index (χ1) is 10.2. The van der Waals surface area contributed by atoms with Gasteiger partial charge in [0.25, 0.3) is 5.91 Å². The molecular weight excluding hydrogens is 290 g/mol. The van der Waals surface area contributed by atoms with Crippen molar-refractivity contribution in [2.45, 2.75) is 11.8 Å². The third-order valence-electron chi connectivity index (χ3n) is 2.24. The Kier molecular flexibility index (Phi) is 7.84. The van der Waals surface area contributed by atoms with E-state index in [9.17, 15) is 9.59 Å². The first-order valence-corrected chi connectivity index (χ1v) is 7.35. The molecule has 0 fully saturated rings. The molecule has 1 amide bonds. The van der Waals surface area contributed by atoms with Gasteiger partial charge in [-0.2, -0.15) is 0 Å². The standard InChI is InChI=1S/C15H17NO4S/c1-3-9-16-14(17)10-20-15(18)11-21-13-7-5-12(6-8-13)19-4-2/h1,5-8H,4,9-11H2,2H3,(H,16,17). The average molecular weight is 307 g/mol. The molecule has 5 nitrogen and oxygen atoms in total. The Bertz CT molecular complexity index is 507. The van der Waals surface area contributed by atoms with E-state index in [1.165, 1.54) is 11.8 Å². The summed E-state index contributed by atoms with van der Waals surface area (Å²) in [4.78, 5) is 23.6. The molecule has 0 saturated heterocycles. The van der Waals surface area contributed by atoms with Crippen molar-refractivity contribution in [1.82, 2.24) is 5.32 Å². The number of rotatable bonds is 8. The van der Waals surface area contributed by atoms with Crippen LogP contribution in [0.15, 0.2) is 29.2 Å². The maximum absolute atomic E-state index is 11.5. The summed E-state index contributed by atoms with van der Waals surface area (Å²) in [6.07, 6.45) is 4.99. The smallest absolute Gasteiger partial charge is 0.316 e. The van der Waals surface area contributed by atoms with Crippen molar-refractivity contribution in [1.29, 1.82) is 0 Å². The molecule has 0 bridgehead atoms. The Morgan fingerprint density at radius 3 is 2.67 bits per heavy atom. The number of nitrogens with one attached hydrogen (secondary N) is 1. The topological polar surface area (TPSA) is 64.6 Å². The van der Waals surface area contributed by atoms with Crippen LogP contribution < -0.4 is 10.1 Å². The van der Waals surface area contributed by atoms with Gasteiger partial charge in [-0.05, 0) is 31.2 Å². The zero-order chi connectivity index (χ0) is 15.5. The summed E-state index contributed by atoms with van der Waals surface area (Å²) in [6, 6.07) is 7.40. The minimum Gasteiger partial charge on any atom is -0.494 e. The van der Waals surface area contributed by atoms with Crippen molar-refractivity contribution >= 4 is 23.6 Å². The van der Waals surface area contributed by atoms with Gasteiger partial charge in [0, 0.05) is 4.90 Å².